The van der Waals surface area contributed by atoms with E-state index >= 15 is 0 Å². The second-order valence-corrected chi connectivity index (χ2v) is 10.4. The van der Waals surface area contributed by atoms with Crippen molar-refractivity contribution in [3.05, 3.63) is 114 Å². The predicted molar refractivity (Wildman–Crippen MR) is 160 cm³/mol. The zero-order chi connectivity index (χ0) is 28.0. The monoisotopic (exact) mass is 537 g/mol. The first-order chi connectivity index (χ1) is 19.6. The molecule has 1 atom stereocenters. The molecule has 1 amide bonds. The molecule has 0 aliphatic carbocycles. The zero-order valence-electron chi connectivity index (χ0n) is 23.1. The molecule has 0 spiro atoms. The molecule has 0 bridgehead atoms. The Labute approximate surface area is 237 Å². The Kier molecular flexibility index (Phi) is 11.2. The number of fused-ring (bicyclic) bond motifs is 1. The van der Waals surface area contributed by atoms with Gasteiger partial charge in [-0.3, -0.25) is 9.59 Å². The summed E-state index contributed by atoms with van der Waals surface area (Å²) in [5.74, 6) is -0.0848. The van der Waals surface area contributed by atoms with Crippen molar-refractivity contribution in [2.75, 3.05) is 0 Å². The Hall–Kier alpha value is -4.12. The molecule has 2 N–H and O–H groups in total. The van der Waals surface area contributed by atoms with E-state index in [9.17, 15) is 14.7 Å². The average Bonchev–Trinajstić information content (AvgIpc) is 2.98. The molecule has 4 aromatic carbocycles. The Morgan fingerprint density at radius 1 is 0.725 bits per heavy atom. The number of carboxylic acid groups (broad SMARTS) is 1. The lowest BCUT2D eigenvalue weighted by atomic mass is 10.0. The molecular formula is C35H39NO4. The molecule has 0 unspecified atom stereocenters. The Morgan fingerprint density at radius 2 is 1.45 bits per heavy atom. The summed E-state index contributed by atoms with van der Waals surface area (Å²) in [5, 5.41) is 14.7. The van der Waals surface area contributed by atoms with Gasteiger partial charge in [0.25, 0.3) is 0 Å². The second kappa shape index (κ2) is 15.5. The lowest BCUT2D eigenvalue weighted by Crippen LogP contribution is -2.36. The summed E-state index contributed by atoms with van der Waals surface area (Å²) in [4.78, 5) is 23.8. The van der Waals surface area contributed by atoms with Crippen molar-refractivity contribution in [1.29, 1.82) is 0 Å². The molecule has 40 heavy (non-hydrogen) atoms. The summed E-state index contributed by atoms with van der Waals surface area (Å²) in [6, 6.07) is 32.6. The van der Waals surface area contributed by atoms with Crippen LogP contribution in [0.15, 0.2) is 97.1 Å². The molecule has 0 radical (unpaired) electrons. The van der Waals surface area contributed by atoms with E-state index in [0.717, 1.165) is 49.0 Å². The summed E-state index contributed by atoms with van der Waals surface area (Å²) >= 11 is 0. The molecule has 0 aliphatic rings. The molecule has 0 aromatic heterocycles. The van der Waals surface area contributed by atoms with Crippen molar-refractivity contribution < 1.29 is 19.4 Å². The number of amides is 1. The van der Waals surface area contributed by atoms with Crippen LogP contribution in [0.4, 0.5) is 0 Å². The van der Waals surface area contributed by atoms with Gasteiger partial charge in [-0.2, -0.15) is 0 Å². The molecule has 0 heterocycles. The lowest BCUT2D eigenvalue weighted by Gasteiger charge is -2.19. The summed E-state index contributed by atoms with van der Waals surface area (Å²) in [5.41, 5.74) is 3.52. The van der Waals surface area contributed by atoms with Gasteiger partial charge in [0.2, 0.25) is 5.91 Å². The Morgan fingerprint density at radius 3 is 2.25 bits per heavy atom. The topological polar surface area (TPSA) is 75.6 Å². The molecule has 208 valence electrons. The fourth-order valence-corrected chi connectivity index (χ4v) is 5.02. The van der Waals surface area contributed by atoms with Crippen molar-refractivity contribution in [2.24, 2.45) is 0 Å². The predicted octanol–water partition coefficient (Wildman–Crippen LogP) is 7.50. The first kappa shape index (κ1) is 28.9. The standard InChI is InChI=1S/C35H39NO4/c37-34(18-7-2-1-4-11-27-12-5-3-6-13-27)36-31(21-24-35(38)39)25-28-19-22-32(23-20-28)40-26-30-16-10-15-29-14-8-9-17-33(29)30/h3,5-6,8-10,12-17,19-20,22-23,31H,1-2,4,7,11,18,21,24-26H2,(H,36,37)(H,38,39)/t31-/m0/s1. The van der Waals surface area contributed by atoms with E-state index in [1.54, 1.807) is 0 Å². The minimum atomic E-state index is -0.852. The number of aliphatic carboxylic acids is 1. The molecule has 0 aliphatic heterocycles. The van der Waals surface area contributed by atoms with Crippen LogP contribution in [-0.4, -0.2) is 23.0 Å². The molecule has 0 saturated carbocycles. The number of ether oxygens (including phenoxy) is 1. The van der Waals surface area contributed by atoms with Crippen molar-refractivity contribution in [1.82, 2.24) is 5.32 Å². The number of carbonyl (C=O) groups excluding carboxylic acids is 1. The number of carbonyl (C=O) groups is 2. The van der Waals surface area contributed by atoms with Gasteiger partial charge < -0.3 is 15.2 Å². The first-order valence-electron chi connectivity index (χ1n) is 14.3. The number of hydrogen-bond acceptors (Lipinski definition) is 3. The molecule has 0 fully saturated rings. The lowest BCUT2D eigenvalue weighted by molar-refractivity contribution is -0.137. The molecule has 0 saturated heterocycles. The fraction of sp³-hybridized carbons (Fsp3) is 0.314. The normalized spacial score (nSPS) is 11.7. The van der Waals surface area contributed by atoms with Crippen LogP contribution < -0.4 is 10.1 Å². The van der Waals surface area contributed by atoms with E-state index in [1.165, 1.54) is 16.3 Å². The number of hydrogen-bond donors (Lipinski definition) is 2. The number of carboxylic acids is 1. The van der Waals surface area contributed by atoms with E-state index in [1.807, 2.05) is 48.5 Å². The molecular weight excluding hydrogens is 498 g/mol. The largest absolute Gasteiger partial charge is 0.489 e. The van der Waals surface area contributed by atoms with E-state index in [-0.39, 0.29) is 18.4 Å². The van der Waals surface area contributed by atoms with Crippen LogP contribution in [0.3, 0.4) is 0 Å². The minimum Gasteiger partial charge on any atom is -0.489 e. The average molecular weight is 538 g/mol. The van der Waals surface area contributed by atoms with Gasteiger partial charge in [0.1, 0.15) is 12.4 Å². The van der Waals surface area contributed by atoms with Gasteiger partial charge >= 0.3 is 5.97 Å². The summed E-state index contributed by atoms with van der Waals surface area (Å²) in [6.45, 7) is 0.476. The maximum Gasteiger partial charge on any atom is 0.303 e. The van der Waals surface area contributed by atoms with Crippen LogP contribution in [0.1, 0.15) is 61.6 Å². The number of rotatable bonds is 16. The Bertz CT molecular complexity index is 1350. The van der Waals surface area contributed by atoms with Crippen molar-refractivity contribution in [2.45, 2.75) is 70.4 Å². The van der Waals surface area contributed by atoms with E-state index in [2.05, 4.69) is 53.8 Å². The van der Waals surface area contributed by atoms with Gasteiger partial charge in [-0.25, -0.2) is 0 Å². The minimum absolute atomic E-state index is 0.00603. The fourth-order valence-electron chi connectivity index (χ4n) is 5.02. The SMILES string of the molecule is O=C(O)CC[C@@H](Cc1ccc(OCc2cccc3ccccc23)cc1)NC(=O)CCCCCCc1ccccc1. The zero-order valence-corrected chi connectivity index (χ0v) is 23.1. The van der Waals surface area contributed by atoms with Crippen molar-refractivity contribution >= 4 is 22.6 Å². The maximum atomic E-state index is 12.6. The third kappa shape index (κ3) is 9.57. The summed E-state index contributed by atoms with van der Waals surface area (Å²) < 4.78 is 6.05. The molecule has 4 aromatic rings. The highest BCUT2D eigenvalue weighted by atomic mass is 16.5. The van der Waals surface area contributed by atoms with Crippen LogP contribution in [0, 0.1) is 0 Å². The molecule has 4 rings (SSSR count). The van der Waals surface area contributed by atoms with Crippen LogP contribution >= 0.6 is 0 Å². The van der Waals surface area contributed by atoms with Gasteiger partial charge in [0, 0.05) is 18.9 Å². The second-order valence-electron chi connectivity index (χ2n) is 10.4. The van der Waals surface area contributed by atoms with Gasteiger partial charge in [0.15, 0.2) is 0 Å². The Balaban J connectivity index is 1.22. The maximum absolute atomic E-state index is 12.6. The third-order valence-electron chi connectivity index (χ3n) is 7.21. The van der Waals surface area contributed by atoms with Crippen molar-refractivity contribution in [3.63, 3.8) is 0 Å². The quantitative estimate of drug-likeness (QED) is 0.145. The highest BCUT2D eigenvalue weighted by Crippen LogP contribution is 2.21. The van der Waals surface area contributed by atoms with Gasteiger partial charge in [-0.15, -0.1) is 0 Å². The first-order valence-corrected chi connectivity index (χ1v) is 14.3. The van der Waals surface area contributed by atoms with Crippen LogP contribution in [0.5, 0.6) is 5.75 Å². The number of benzene rings is 4. The number of aryl methyl sites for hydroxylation is 1. The smallest absolute Gasteiger partial charge is 0.303 e. The summed E-state index contributed by atoms with van der Waals surface area (Å²) in [6.07, 6.45) is 6.62. The van der Waals surface area contributed by atoms with Gasteiger partial charge in [-0.1, -0.05) is 97.8 Å². The van der Waals surface area contributed by atoms with Crippen LogP contribution in [0.2, 0.25) is 0 Å². The van der Waals surface area contributed by atoms with E-state index in [4.69, 9.17) is 4.74 Å². The third-order valence-corrected chi connectivity index (χ3v) is 7.21. The van der Waals surface area contributed by atoms with Gasteiger partial charge in [0.05, 0.1) is 0 Å². The molecule has 5 heteroatoms. The highest BCUT2D eigenvalue weighted by Gasteiger charge is 2.15. The van der Waals surface area contributed by atoms with Gasteiger partial charge in [-0.05, 0) is 71.7 Å². The number of nitrogens with one attached hydrogen (secondary N) is 1. The van der Waals surface area contributed by atoms with Crippen LogP contribution in [0.25, 0.3) is 10.8 Å². The number of unbranched alkanes of at least 4 members (excludes halogenated alkanes) is 3. The van der Waals surface area contributed by atoms with Crippen molar-refractivity contribution in [3.8, 4) is 5.75 Å². The molecule has 5 nitrogen and oxygen atoms in total. The van der Waals surface area contributed by atoms with Crippen LogP contribution in [-0.2, 0) is 29.0 Å². The summed E-state index contributed by atoms with van der Waals surface area (Å²) in [7, 11) is 0. The van der Waals surface area contributed by atoms with E-state index < -0.39 is 5.97 Å². The van der Waals surface area contributed by atoms with E-state index in [0.29, 0.717) is 25.9 Å². The highest BCUT2D eigenvalue weighted by molar-refractivity contribution is 5.85.